The number of hydrogen-bond acceptors (Lipinski definition) is 6. The minimum atomic E-state index is -0.322. The van der Waals surface area contributed by atoms with Crippen LogP contribution in [-0.2, 0) is 9.53 Å². The molecule has 0 aliphatic carbocycles. The predicted molar refractivity (Wildman–Crippen MR) is 118 cm³/mol. The van der Waals surface area contributed by atoms with Gasteiger partial charge in [-0.05, 0) is 49.6 Å². The Morgan fingerprint density at radius 3 is 2.78 bits per heavy atom. The summed E-state index contributed by atoms with van der Waals surface area (Å²) in [4.78, 5) is 28.2. The first-order chi connectivity index (χ1) is 15.7. The topological polar surface area (TPSA) is 80.2 Å². The van der Waals surface area contributed by atoms with Crippen LogP contribution in [0.3, 0.4) is 0 Å². The van der Waals surface area contributed by atoms with E-state index in [9.17, 15) is 9.18 Å². The van der Waals surface area contributed by atoms with Crippen molar-refractivity contribution in [2.75, 3.05) is 25.0 Å². The Bertz CT molecular complexity index is 1100. The first kappa shape index (κ1) is 20.5. The molecule has 2 fully saturated rings. The van der Waals surface area contributed by atoms with Crippen LogP contribution in [0.4, 0.5) is 15.9 Å². The van der Waals surface area contributed by atoms with Gasteiger partial charge in [-0.1, -0.05) is 6.07 Å². The third-order valence-corrected chi connectivity index (χ3v) is 5.89. The van der Waals surface area contributed by atoms with Crippen molar-refractivity contribution in [2.45, 2.75) is 31.3 Å². The molecule has 0 spiro atoms. The number of rotatable bonds is 5. The molecule has 164 valence electrons. The fourth-order valence-corrected chi connectivity index (χ4v) is 4.24. The molecule has 0 radical (unpaired) electrons. The van der Waals surface area contributed by atoms with E-state index in [0.29, 0.717) is 37.0 Å². The molecule has 2 aromatic heterocycles. The summed E-state index contributed by atoms with van der Waals surface area (Å²) in [6.45, 7) is 1.89. The first-order valence-corrected chi connectivity index (χ1v) is 10.9. The van der Waals surface area contributed by atoms with Gasteiger partial charge in [0, 0.05) is 55.3 Å². The van der Waals surface area contributed by atoms with Gasteiger partial charge in [0.1, 0.15) is 23.6 Å². The second kappa shape index (κ2) is 9.00. The summed E-state index contributed by atoms with van der Waals surface area (Å²) in [6.07, 6.45) is 5.62. The summed E-state index contributed by atoms with van der Waals surface area (Å²) >= 11 is 0. The smallest absolute Gasteiger partial charge is 0.251 e. The van der Waals surface area contributed by atoms with Crippen LogP contribution < -0.4 is 5.32 Å². The van der Waals surface area contributed by atoms with E-state index in [2.05, 4.69) is 10.3 Å². The van der Waals surface area contributed by atoms with Gasteiger partial charge in [-0.25, -0.2) is 14.4 Å². The van der Waals surface area contributed by atoms with Gasteiger partial charge in [0.15, 0.2) is 0 Å². The minimum absolute atomic E-state index is 0.0233. The molecule has 0 bridgehead atoms. The van der Waals surface area contributed by atoms with Crippen molar-refractivity contribution >= 4 is 17.4 Å². The van der Waals surface area contributed by atoms with Crippen molar-refractivity contribution in [1.29, 1.82) is 0 Å². The maximum atomic E-state index is 13.7. The lowest BCUT2D eigenvalue weighted by atomic mass is 10.1. The van der Waals surface area contributed by atoms with E-state index in [1.807, 2.05) is 23.1 Å². The van der Waals surface area contributed by atoms with Crippen molar-refractivity contribution in [1.82, 2.24) is 19.9 Å². The Morgan fingerprint density at radius 2 is 2.00 bits per heavy atom. The van der Waals surface area contributed by atoms with E-state index >= 15 is 0 Å². The fraction of sp³-hybridized carbons (Fsp3) is 0.333. The number of anilines is 2. The van der Waals surface area contributed by atoms with Crippen LogP contribution in [-0.4, -0.2) is 51.6 Å². The molecule has 1 N–H and O–H groups in total. The zero-order valence-electron chi connectivity index (χ0n) is 17.6. The van der Waals surface area contributed by atoms with Crippen LogP contribution in [0, 0.1) is 5.82 Å². The van der Waals surface area contributed by atoms with E-state index in [-0.39, 0.29) is 23.7 Å². The number of carbonyl (C=O) groups is 1. The molecular weight excluding hydrogens is 409 g/mol. The van der Waals surface area contributed by atoms with E-state index in [1.165, 1.54) is 12.1 Å². The average Bonchev–Trinajstić information content (AvgIpc) is 3.52. The van der Waals surface area contributed by atoms with E-state index in [4.69, 9.17) is 14.7 Å². The van der Waals surface area contributed by atoms with Gasteiger partial charge in [0.05, 0.1) is 5.69 Å². The average molecular weight is 433 g/mol. The van der Waals surface area contributed by atoms with Gasteiger partial charge in [0.25, 0.3) is 5.91 Å². The third kappa shape index (κ3) is 4.45. The number of amides is 1. The maximum absolute atomic E-state index is 13.7. The molecule has 0 unspecified atom stereocenters. The lowest BCUT2D eigenvalue weighted by molar-refractivity contribution is -0.139. The molecule has 2 aliphatic heterocycles. The normalized spacial score (nSPS) is 20.5. The largest absolute Gasteiger partial charge is 0.368 e. The van der Waals surface area contributed by atoms with E-state index in [0.717, 1.165) is 30.5 Å². The number of likely N-dealkylation sites (tertiary alicyclic amines) is 1. The quantitative estimate of drug-likeness (QED) is 0.657. The van der Waals surface area contributed by atoms with Crippen LogP contribution >= 0.6 is 0 Å². The van der Waals surface area contributed by atoms with Gasteiger partial charge in [0.2, 0.25) is 0 Å². The standard InChI is InChI=1S/C24H24FN5O2/c25-18-3-1-4-19(13-18)27-22-14-20(16-6-9-26-10-7-16)28-23(29-22)17-8-11-30(15-17)24(31)21-5-2-12-32-21/h1,3-4,6-7,9-10,13-14,17,21H,2,5,8,11-12,15H2,(H,27,28,29)/t17-,21+/m0/s1. The second-order valence-corrected chi connectivity index (χ2v) is 8.14. The highest BCUT2D eigenvalue weighted by Gasteiger charge is 2.34. The SMILES string of the molecule is O=C([C@H]1CCCO1)N1CC[C@H](c2nc(Nc3cccc(F)c3)cc(-c3ccncc3)n2)C1. The Morgan fingerprint density at radius 1 is 1.12 bits per heavy atom. The fourth-order valence-electron chi connectivity index (χ4n) is 4.24. The zero-order valence-corrected chi connectivity index (χ0v) is 17.6. The highest BCUT2D eigenvalue weighted by molar-refractivity contribution is 5.81. The Balaban J connectivity index is 1.42. The number of nitrogens with one attached hydrogen (secondary N) is 1. The molecule has 5 rings (SSSR count). The lowest BCUT2D eigenvalue weighted by Gasteiger charge is -2.20. The number of aromatic nitrogens is 3. The van der Waals surface area contributed by atoms with Gasteiger partial charge < -0.3 is 15.0 Å². The molecule has 1 amide bonds. The molecule has 0 saturated carbocycles. The highest BCUT2D eigenvalue weighted by atomic mass is 19.1. The molecule has 2 aliphatic rings. The lowest BCUT2D eigenvalue weighted by Crippen LogP contribution is -2.37. The highest BCUT2D eigenvalue weighted by Crippen LogP contribution is 2.30. The monoisotopic (exact) mass is 433 g/mol. The van der Waals surface area contributed by atoms with Crippen LogP contribution in [0.25, 0.3) is 11.3 Å². The van der Waals surface area contributed by atoms with Crippen LogP contribution in [0.2, 0.25) is 0 Å². The summed E-state index contributed by atoms with van der Waals surface area (Å²) in [7, 11) is 0. The predicted octanol–water partition coefficient (Wildman–Crippen LogP) is 3.92. The molecule has 3 aromatic rings. The summed E-state index contributed by atoms with van der Waals surface area (Å²) in [5.41, 5.74) is 2.27. The Labute approximate surface area is 185 Å². The molecule has 32 heavy (non-hydrogen) atoms. The zero-order chi connectivity index (χ0) is 21.9. The van der Waals surface area contributed by atoms with Crippen molar-refractivity contribution in [3.05, 3.63) is 66.5 Å². The summed E-state index contributed by atoms with van der Waals surface area (Å²) in [6, 6.07) is 11.9. The molecular formula is C24H24FN5O2. The third-order valence-electron chi connectivity index (χ3n) is 5.89. The number of ether oxygens (including phenoxy) is 1. The van der Waals surface area contributed by atoms with Crippen molar-refractivity contribution in [2.24, 2.45) is 0 Å². The minimum Gasteiger partial charge on any atom is -0.368 e. The molecule has 4 heterocycles. The van der Waals surface area contributed by atoms with Gasteiger partial charge in [-0.3, -0.25) is 9.78 Å². The molecule has 1 aromatic carbocycles. The van der Waals surface area contributed by atoms with Crippen LogP contribution in [0.1, 0.15) is 31.0 Å². The second-order valence-electron chi connectivity index (χ2n) is 8.14. The number of hydrogen-bond donors (Lipinski definition) is 1. The van der Waals surface area contributed by atoms with Crippen molar-refractivity contribution in [3.8, 4) is 11.3 Å². The maximum Gasteiger partial charge on any atom is 0.251 e. The number of halogens is 1. The molecule has 8 heteroatoms. The van der Waals surface area contributed by atoms with E-state index in [1.54, 1.807) is 24.5 Å². The number of nitrogens with zero attached hydrogens (tertiary/aromatic N) is 4. The van der Waals surface area contributed by atoms with Gasteiger partial charge in [-0.15, -0.1) is 0 Å². The van der Waals surface area contributed by atoms with Crippen molar-refractivity contribution < 1.29 is 13.9 Å². The van der Waals surface area contributed by atoms with Crippen molar-refractivity contribution in [3.63, 3.8) is 0 Å². The molecule has 2 atom stereocenters. The molecule has 2 saturated heterocycles. The molecule has 7 nitrogen and oxygen atoms in total. The van der Waals surface area contributed by atoms with Crippen LogP contribution in [0.5, 0.6) is 0 Å². The van der Waals surface area contributed by atoms with Crippen LogP contribution in [0.15, 0.2) is 54.9 Å². The Kier molecular flexibility index (Phi) is 5.77. The van der Waals surface area contributed by atoms with Gasteiger partial charge in [-0.2, -0.15) is 0 Å². The summed E-state index contributed by atoms with van der Waals surface area (Å²) in [5.74, 6) is 1.01. The Hall–Kier alpha value is -3.39. The summed E-state index contributed by atoms with van der Waals surface area (Å²) < 4.78 is 19.2. The summed E-state index contributed by atoms with van der Waals surface area (Å²) in [5, 5.41) is 3.19. The first-order valence-electron chi connectivity index (χ1n) is 10.9. The number of benzene rings is 1. The van der Waals surface area contributed by atoms with E-state index < -0.39 is 0 Å². The number of carbonyl (C=O) groups excluding carboxylic acids is 1. The number of pyridine rings is 1. The van der Waals surface area contributed by atoms with Gasteiger partial charge >= 0.3 is 0 Å².